The summed E-state index contributed by atoms with van der Waals surface area (Å²) >= 11 is 0. The Morgan fingerprint density at radius 1 is 1.33 bits per heavy atom. The number of hydrogen-bond donors (Lipinski definition) is 2. The van der Waals surface area contributed by atoms with Gasteiger partial charge in [-0.2, -0.15) is 0 Å². The van der Waals surface area contributed by atoms with Gasteiger partial charge in [0.15, 0.2) is 0 Å². The van der Waals surface area contributed by atoms with Crippen molar-refractivity contribution >= 4 is 5.97 Å². The van der Waals surface area contributed by atoms with Gasteiger partial charge in [-0.15, -0.1) is 0 Å². The van der Waals surface area contributed by atoms with Crippen molar-refractivity contribution in [2.24, 2.45) is 0 Å². The van der Waals surface area contributed by atoms with Gasteiger partial charge in [-0.3, -0.25) is 0 Å². The maximum absolute atomic E-state index is 10.2. The van der Waals surface area contributed by atoms with Crippen LogP contribution in [0.1, 0.15) is 20.8 Å². The van der Waals surface area contributed by atoms with E-state index in [0.717, 1.165) is 19.3 Å². The molecular weight excluding hydrogens is 236 g/mol. The van der Waals surface area contributed by atoms with E-state index in [9.17, 15) is 4.79 Å². The molecule has 0 amide bonds. The van der Waals surface area contributed by atoms with Crippen molar-refractivity contribution in [3.63, 3.8) is 0 Å². The number of rotatable bonds is 6. The van der Waals surface area contributed by atoms with Crippen molar-refractivity contribution in [3.05, 3.63) is 25.3 Å². The second kappa shape index (κ2) is 21.1. The zero-order valence-electron chi connectivity index (χ0n) is 11.6. The lowest BCUT2D eigenvalue weighted by molar-refractivity contribution is -0.136. The summed E-state index contributed by atoms with van der Waals surface area (Å²) in [6.07, 6.45) is 2.06. The monoisotopic (exact) mass is 262 g/mol. The van der Waals surface area contributed by atoms with Gasteiger partial charge in [0.25, 0.3) is 0 Å². The number of carbonyl (C=O) groups is 1. The maximum atomic E-state index is 10.2. The molecule has 2 N–H and O–H groups in total. The van der Waals surface area contributed by atoms with Gasteiger partial charge < -0.3 is 19.7 Å². The fourth-order valence-corrected chi connectivity index (χ4v) is 0.404. The summed E-state index contributed by atoms with van der Waals surface area (Å²) in [5.74, 6) is -0.412. The van der Waals surface area contributed by atoms with Gasteiger partial charge in [0.2, 0.25) is 0 Å². The predicted molar refractivity (Wildman–Crippen MR) is 72.3 cm³/mol. The normalized spacial score (nSPS) is 9.83. The van der Waals surface area contributed by atoms with Gasteiger partial charge in [-0.1, -0.05) is 19.2 Å². The molecule has 0 aliphatic carbocycles. The van der Waals surface area contributed by atoms with Gasteiger partial charge >= 0.3 is 5.97 Å². The first-order chi connectivity index (χ1) is 8.49. The Morgan fingerprint density at radius 2 is 1.78 bits per heavy atom. The molecule has 0 saturated carbocycles. The van der Waals surface area contributed by atoms with E-state index < -0.39 is 12.1 Å². The molecule has 0 saturated heterocycles. The second-order valence-electron chi connectivity index (χ2n) is 2.94. The zero-order chi connectivity index (χ0) is 14.8. The predicted octanol–water partition coefficient (Wildman–Crippen LogP) is 1.30. The fraction of sp³-hybridized carbons (Fsp3) is 0.615. The molecule has 0 aromatic carbocycles. The molecule has 0 heterocycles. The summed E-state index contributed by atoms with van der Waals surface area (Å²) < 4.78 is 9.30. The lowest BCUT2D eigenvalue weighted by atomic mass is 10.5. The molecule has 5 nitrogen and oxygen atoms in total. The van der Waals surface area contributed by atoms with Gasteiger partial charge in [0.1, 0.15) is 6.61 Å². The van der Waals surface area contributed by atoms with Crippen LogP contribution >= 0.6 is 0 Å². The number of hydrogen-bond acceptors (Lipinski definition) is 5. The minimum absolute atomic E-state index is 0.139. The van der Waals surface area contributed by atoms with Crippen molar-refractivity contribution < 1.29 is 24.5 Å². The maximum Gasteiger partial charge on any atom is 0.330 e. The lowest BCUT2D eigenvalue weighted by Crippen LogP contribution is -2.03. The Kier molecular flexibility index (Phi) is 25.9. The smallest absolute Gasteiger partial charge is 0.330 e. The van der Waals surface area contributed by atoms with Gasteiger partial charge in [0, 0.05) is 19.3 Å². The van der Waals surface area contributed by atoms with E-state index in [4.69, 9.17) is 14.9 Å². The molecule has 0 bridgehead atoms. The van der Waals surface area contributed by atoms with E-state index in [2.05, 4.69) is 17.9 Å². The molecule has 0 radical (unpaired) electrons. The average molecular weight is 262 g/mol. The van der Waals surface area contributed by atoms with Crippen LogP contribution in [0.5, 0.6) is 0 Å². The van der Waals surface area contributed by atoms with Crippen molar-refractivity contribution in [2.45, 2.75) is 26.9 Å². The molecule has 18 heavy (non-hydrogen) atoms. The molecule has 5 heteroatoms. The van der Waals surface area contributed by atoms with E-state index in [1.165, 1.54) is 13.0 Å². The first kappa shape index (κ1) is 22.0. The van der Waals surface area contributed by atoms with E-state index in [1.54, 1.807) is 0 Å². The van der Waals surface area contributed by atoms with E-state index in [0.29, 0.717) is 0 Å². The third-order valence-corrected chi connectivity index (χ3v) is 1.18. The van der Waals surface area contributed by atoms with Crippen LogP contribution in [-0.2, 0) is 14.3 Å². The van der Waals surface area contributed by atoms with E-state index in [-0.39, 0.29) is 13.2 Å². The van der Waals surface area contributed by atoms with Gasteiger partial charge in [-0.05, 0) is 20.8 Å². The summed E-state index contributed by atoms with van der Waals surface area (Å²) in [4.78, 5) is 10.2. The molecular formula is C13H26O5. The zero-order valence-corrected chi connectivity index (χ0v) is 11.6. The minimum Gasteiger partial charge on any atom is -0.458 e. The molecule has 1 unspecified atom stereocenters. The van der Waals surface area contributed by atoms with Crippen molar-refractivity contribution in [3.8, 4) is 0 Å². The van der Waals surface area contributed by atoms with Crippen LogP contribution in [-0.4, -0.2) is 48.7 Å². The van der Waals surface area contributed by atoms with E-state index in [1.807, 2.05) is 13.8 Å². The number of esters is 1. The molecule has 0 spiro atoms. The number of aliphatic hydroxyl groups excluding tert-OH is 2. The minimum atomic E-state index is -0.560. The first-order valence-corrected chi connectivity index (χ1v) is 5.76. The molecule has 1 atom stereocenters. The van der Waals surface area contributed by atoms with Crippen molar-refractivity contribution in [1.82, 2.24) is 0 Å². The highest BCUT2D eigenvalue weighted by Crippen LogP contribution is 1.77. The Labute approximate surface area is 110 Å². The fourth-order valence-electron chi connectivity index (χ4n) is 0.404. The molecule has 0 aromatic heterocycles. The summed E-state index contributed by atoms with van der Waals surface area (Å²) in [6, 6.07) is 0. The number of aliphatic hydroxyl groups is 2. The van der Waals surface area contributed by atoms with Crippen LogP contribution in [0.25, 0.3) is 0 Å². The van der Waals surface area contributed by atoms with Crippen LogP contribution in [0, 0.1) is 0 Å². The molecule has 0 aliphatic heterocycles. The largest absolute Gasteiger partial charge is 0.458 e. The molecule has 0 aromatic rings. The quantitative estimate of drug-likeness (QED) is 0.429. The van der Waals surface area contributed by atoms with E-state index >= 15 is 0 Å². The summed E-state index contributed by atoms with van der Waals surface area (Å²) in [7, 11) is 0. The van der Waals surface area contributed by atoms with Crippen LogP contribution in [0.15, 0.2) is 25.3 Å². The summed E-state index contributed by atoms with van der Waals surface area (Å²) in [6.45, 7) is 13.9. The molecule has 0 rings (SSSR count). The third-order valence-electron chi connectivity index (χ3n) is 1.18. The van der Waals surface area contributed by atoms with Crippen LogP contribution in [0.3, 0.4) is 0 Å². The van der Waals surface area contributed by atoms with Crippen LogP contribution in [0.4, 0.5) is 0 Å². The van der Waals surface area contributed by atoms with Crippen molar-refractivity contribution in [2.75, 3.05) is 26.4 Å². The molecule has 108 valence electrons. The molecule has 0 aliphatic rings. The second-order valence-corrected chi connectivity index (χ2v) is 2.94. The Morgan fingerprint density at radius 3 is 1.94 bits per heavy atom. The summed E-state index contributed by atoms with van der Waals surface area (Å²) in [5.41, 5.74) is 0. The van der Waals surface area contributed by atoms with Crippen molar-refractivity contribution in [1.29, 1.82) is 0 Å². The standard InChI is InChI=1S/C6H8O2.C4H10O.C3H8O2/c1-3-5-8-6(7)4-2;1-3-5-4-2;1-3(5)2-4/h3-4H,1-2,5H2;3-4H2,1-2H3;3-5H,2H2,1H3. The Bertz CT molecular complexity index is 188. The number of carbonyl (C=O) groups excluding carboxylic acids is 1. The van der Waals surface area contributed by atoms with Crippen LogP contribution < -0.4 is 0 Å². The highest BCUT2D eigenvalue weighted by Gasteiger charge is 1.88. The highest BCUT2D eigenvalue weighted by molar-refractivity contribution is 5.81. The third kappa shape index (κ3) is 36.4. The SMILES string of the molecule is C=CCOC(=O)C=C.CC(O)CO.CCOCC. The highest BCUT2D eigenvalue weighted by atomic mass is 16.5. The average Bonchev–Trinajstić information content (AvgIpc) is 2.38. The number of ether oxygens (including phenoxy) is 2. The Balaban J connectivity index is -0.000000197. The molecule has 0 fully saturated rings. The first-order valence-electron chi connectivity index (χ1n) is 5.76. The topological polar surface area (TPSA) is 76.0 Å². The lowest BCUT2D eigenvalue weighted by Gasteiger charge is -1.92. The van der Waals surface area contributed by atoms with Gasteiger partial charge in [0.05, 0.1) is 12.7 Å². The van der Waals surface area contributed by atoms with Crippen LogP contribution in [0.2, 0.25) is 0 Å². The summed E-state index contributed by atoms with van der Waals surface area (Å²) in [5, 5.41) is 16.0. The van der Waals surface area contributed by atoms with Gasteiger partial charge in [-0.25, -0.2) is 4.79 Å². The Hall–Kier alpha value is -1.17.